The van der Waals surface area contributed by atoms with Crippen molar-refractivity contribution in [3.8, 4) is 5.75 Å². The van der Waals surface area contributed by atoms with Crippen LogP contribution >= 0.6 is 0 Å². The molecule has 0 bridgehead atoms. The van der Waals surface area contributed by atoms with Crippen LogP contribution in [0.25, 0.3) is 11.0 Å². The largest absolute Gasteiger partial charge is 0.507 e. The lowest BCUT2D eigenvalue weighted by Gasteiger charge is -1.97. The Morgan fingerprint density at radius 3 is 2.92 bits per heavy atom. The molecule has 0 radical (unpaired) electrons. The lowest BCUT2D eigenvalue weighted by atomic mass is 10.1. The number of hydrogen-bond acceptors (Lipinski definition) is 3. The molecule has 12 heavy (non-hydrogen) atoms. The first-order valence-electron chi connectivity index (χ1n) is 3.52. The first kappa shape index (κ1) is 6.91. The Morgan fingerprint density at radius 1 is 1.33 bits per heavy atom. The summed E-state index contributed by atoms with van der Waals surface area (Å²) in [5.41, 5.74) is 1.19. The Balaban J connectivity index is 2.91. The van der Waals surface area contributed by atoms with E-state index in [0.29, 0.717) is 11.1 Å². The van der Waals surface area contributed by atoms with E-state index in [2.05, 4.69) is 0 Å². The lowest BCUT2D eigenvalue weighted by Crippen LogP contribution is -1.81. The molecule has 60 valence electrons. The second-order valence-electron chi connectivity index (χ2n) is 2.48. The van der Waals surface area contributed by atoms with Crippen LogP contribution < -0.4 is 0 Å². The minimum absolute atomic E-state index is 0.110. The molecular weight excluding hydrogens is 154 g/mol. The van der Waals surface area contributed by atoms with Crippen molar-refractivity contribution >= 4 is 17.2 Å². The van der Waals surface area contributed by atoms with E-state index in [-0.39, 0.29) is 5.75 Å². The average molecular weight is 161 g/mol. The van der Waals surface area contributed by atoms with Gasteiger partial charge < -0.3 is 14.9 Å². The summed E-state index contributed by atoms with van der Waals surface area (Å²) in [6.07, 6.45) is 2.66. The van der Waals surface area contributed by atoms with Gasteiger partial charge in [-0.3, -0.25) is 0 Å². The molecule has 3 nitrogen and oxygen atoms in total. The Labute approximate surface area is 68.8 Å². The highest BCUT2D eigenvalue weighted by Crippen LogP contribution is 2.25. The van der Waals surface area contributed by atoms with Crippen molar-refractivity contribution in [1.29, 1.82) is 5.41 Å². The van der Waals surface area contributed by atoms with Crippen LogP contribution in [0.5, 0.6) is 5.75 Å². The van der Waals surface area contributed by atoms with Crippen molar-refractivity contribution in [2.75, 3.05) is 0 Å². The van der Waals surface area contributed by atoms with Crippen LogP contribution in [0.15, 0.2) is 28.9 Å². The van der Waals surface area contributed by atoms with Gasteiger partial charge in [0, 0.05) is 17.2 Å². The number of furan rings is 1. The Hall–Kier alpha value is -1.77. The maximum Gasteiger partial charge on any atom is 0.134 e. The van der Waals surface area contributed by atoms with Crippen LogP contribution in [0.1, 0.15) is 5.56 Å². The molecular formula is C9H7NO2. The van der Waals surface area contributed by atoms with Crippen LogP contribution in [0.3, 0.4) is 0 Å². The van der Waals surface area contributed by atoms with E-state index in [4.69, 9.17) is 9.83 Å². The van der Waals surface area contributed by atoms with Crippen LogP contribution in [0, 0.1) is 5.41 Å². The SMILES string of the molecule is N=Cc1c(O)ccc2occc12. The third kappa shape index (κ3) is 0.797. The fourth-order valence-corrected chi connectivity index (χ4v) is 1.21. The zero-order valence-electron chi connectivity index (χ0n) is 6.24. The maximum absolute atomic E-state index is 9.33. The molecule has 0 aliphatic heterocycles. The van der Waals surface area contributed by atoms with E-state index in [1.807, 2.05) is 0 Å². The van der Waals surface area contributed by atoms with E-state index in [1.54, 1.807) is 12.1 Å². The molecule has 0 saturated heterocycles. The van der Waals surface area contributed by atoms with Gasteiger partial charge in [0.2, 0.25) is 0 Å². The molecule has 3 heteroatoms. The first-order valence-corrected chi connectivity index (χ1v) is 3.52. The highest BCUT2D eigenvalue weighted by atomic mass is 16.3. The molecule has 1 aromatic heterocycles. The van der Waals surface area contributed by atoms with E-state index in [0.717, 1.165) is 11.6 Å². The van der Waals surface area contributed by atoms with Gasteiger partial charge in [0.25, 0.3) is 0 Å². The summed E-state index contributed by atoms with van der Waals surface area (Å²) in [6.45, 7) is 0. The van der Waals surface area contributed by atoms with Crippen LogP contribution in [-0.2, 0) is 0 Å². The van der Waals surface area contributed by atoms with Crippen molar-refractivity contribution in [2.45, 2.75) is 0 Å². The zero-order chi connectivity index (χ0) is 8.55. The van der Waals surface area contributed by atoms with E-state index >= 15 is 0 Å². The molecule has 2 aromatic rings. The minimum Gasteiger partial charge on any atom is -0.507 e. The quantitative estimate of drug-likeness (QED) is 0.629. The number of hydrogen-bond donors (Lipinski definition) is 2. The molecule has 2 N–H and O–H groups in total. The third-order valence-electron chi connectivity index (χ3n) is 1.80. The lowest BCUT2D eigenvalue weighted by molar-refractivity contribution is 0.475. The monoisotopic (exact) mass is 161 g/mol. The highest BCUT2D eigenvalue weighted by Gasteiger charge is 2.05. The molecule has 0 saturated carbocycles. The maximum atomic E-state index is 9.33. The van der Waals surface area contributed by atoms with Gasteiger partial charge in [-0.25, -0.2) is 0 Å². The minimum atomic E-state index is 0.110. The first-order chi connectivity index (χ1) is 5.83. The molecule has 1 heterocycles. The second-order valence-corrected chi connectivity index (χ2v) is 2.48. The number of fused-ring (bicyclic) bond motifs is 1. The summed E-state index contributed by atoms with van der Waals surface area (Å²) in [7, 11) is 0. The normalized spacial score (nSPS) is 10.3. The van der Waals surface area contributed by atoms with Gasteiger partial charge in [-0.1, -0.05) is 0 Å². The second kappa shape index (κ2) is 2.37. The van der Waals surface area contributed by atoms with Crippen LogP contribution in [0.2, 0.25) is 0 Å². The standard InChI is InChI=1S/C9H7NO2/c10-5-7-6-3-4-12-9(6)2-1-8(7)11/h1-5,10-11H. The topological polar surface area (TPSA) is 57.2 Å². The van der Waals surface area contributed by atoms with Crippen molar-refractivity contribution in [1.82, 2.24) is 0 Å². The number of rotatable bonds is 1. The van der Waals surface area contributed by atoms with Crippen LogP contribution in [-0.4, -0.2) is 11.3 Å². The number of phenols is 1. The van der Waals surface area contributed by atoms with Gasteiger partial charge in [0.05, 0.1) is 6.26 Å². The van der Waals surface area contributed by atoms with Gasteiger partial charge in [-0.05, 0) is 18.2 Å². The molecule has 0 atom stereocenters. The van der Waals surface area contributed by atoms with Gasteiger partial charge in [-0.15, -0.1) is 0 Å². The fourth-order valence-electron chi connectivity index (χ4n) is 1.21. The fraction of sp³-hybridized carbons (Fsp3) is 0. The molecule has 1 aromatic carbocycles. The van der Waals surface area contributed by atoms with Gasteiger partial charge in [-0.2, -0.15) is 0 Å². The van der Waals surface area contributed by atoms with Crippen molar-refractivity contribution in [3.05, 3.63) is 30.0 Å². The van der Waals surface area contributed by atoms with E-state index in [9.17, 15) is 5.11 Å². The van der Waals surface area contributed by atoms with Gasteiger partial charge in [0.15, 0.2) is 0 Å². The predicted octanol–water partition coefficient (Wildman–Crippen LogP) is 2.14. The number of benzene rings is 1. The van der Waals surface area contributed by atoms with Crippen molar-refractivity contribution in [3.63, 3.8) is 0 Å². The summed E-state index contributed by atoms with van der Waals surface area (Å²) >= 11 is 0. The third-order valence-corrected chi connectivity index (χ3v) is 1.80. The highest BCUT2D eigenvalue weighted by molar-refractivity contribution is 5.99. The number of nitrogens with one attached hydrogen (secondary N) is 1. The summed E-state index contributed by atoms with van der Waals surface area (Å²) in [5, 5.41) is 17.2. The molecule has 0 amide bonds. The van der Waals surface area contributed by atoms with E-state index < -0.39 is 0 Å². The van der Waals surface area contributed by atoms with E-state index in [1.165, 1.54) is 12.3 Å². The Morgan fingerprint density at radius 2 is 2.17 bits per heavy atom. The van der Waals surface area contributed by atoms with Crippen LogP contribution in [0.4, 0.5) is 0 Å². The number of aromatic hydroxyl groups is 1. The molecule has 0 aliphatic carbocycles. The molecule has 0 unspecified atom stereocenters. The Bertz CT molecular complexity index is 431. The average Bonchev–Trinajstić information content (AvgIpc) is 2.52. The summed E-state index contributed by atoms with van der Waals surface area (Å²) < 4.78 is 5.10. The molecule has 2 rings (SSSR count). The summed E-state index contributed by atoms with van der Waals surface area (Å²) in [6, 6.07) is 4.93. The van der Waals surface area contributed by atoms with Crippen molar-refractivity contribution in [2.24, 2.45) is 0 Å². The predicted molar refractivity (Wildman–Crippen MR) is 45.8 cm³/mol. The smallest absolute Gasteiger partial charge is 0.134 e. The number of phenolic OH excluding ortho intramolecular Hbond substituents is 1. The summed E-state index contributed by atoms with van der Waals surface area (Å²) in [4.78, 5) is 0. The van der Waals surface area contributed by atoms with Gasteiger partial charge >= 0.3 is 0 Å². The van der Waals surface area contributed by atoms with Crippen molar-refractivity contribution < 1.29 is 9.52 Å². The Kier molecular flexibility index (Phi) is 1.37. The summed E-state index contributed by atoms with van der Waals surface area (Å²) in [5.74, 6) is 0.110. The van der Waals surface area contributed by atoms with Gasteiger partial charge in [0.1, 0.15) is 11.3 Å². The molecule has 0 spiro atoms. The zero-order valence-corrected chi connectivity index (χ0v) is 6.24. The molecule has 0 aliphatic rings. The molecule has 0 fully saturated rings.